The summed E-state index contributed by atoms with van der Waals surface area (Å²) in [6.07, 6.45) is 5.06. The zero-order valence-electron chi connectivity index (χ0n) is 11.1. The van der Waals surface area contributed by atoms with E-state index < -0.39 is 0 Å². The van der Waals surface area contributed by atoms with Crippen molar-refractivity contribution in [2.24, 2.45) is 17.6 Å². The van der Waals surface area contributed by atoms with E-state index in [0.29, 0.717) is 11.7 Å². The van der Waals surface area contributed by atoms with Gasteiger partial charge in [0.25, 0.3) is 0 Å². The van der Waals surface area contributed by atoms with Gasteiger partial charge in [0.1, 0.15) is 0 Å². The molecule has 0 aromatic carbocycles. The minimum atomic E-state index is -0.359. The molecule has 1 saturated carbocycles. The lowest BCUT2D eigenvalue weighted by molar-refractivity contribution is 0.185. The summed E-state index contributed by atoms with van der Waals surface area (Å²) in [7, 11) is 0. The highest BCUT2D eigenvalue weighted by atomic mass is 16.5. The maximum Gasteiger partial charge on any atom is 0.226 e. The molecule has 0 amide bonds. The SMILES string of the molecule is CCc1nc(C2(N)CCC(C(C)C)CC2)no1. The zero-order chi connectivity index (χ0) is 12.5. The third-order valence-corrected chi connectivity index (χ3v) is 4.08. The second kappa shape index (κ2) is 4.77. The van der Waals surface area contributed by atoms with E-state index in [-0.39, 0.29) is 5.54 Å². The van der Waals surface area contributed by atoms with Crippen LogP contribution >= 0.6 is 0 Å². The predicted octanol–water partition coefficient (Wildman–Crippen LogP) is 2.63. The number of rotatable bonds is 3. The first-order valence-electron chi connectivity index (χ1n) is 6.67. The summed E-state index contributed by atoms with van der Waals surface area (Å²) < 4.78 is 5.17. The molecule has 1 heterocycles. The monoisotopic (exact) mass is 237 g/mol. The molecule has 96 valence electrons. The summed E-state index contributed by atoms with van der Waals surface area (Å²) in [6.45, 7) is 6.59. The summed E-state index contributed by atoms with van der Waals surface area (Å²) in [6, 6.07) is 0. The Hall–Kier alpha value is -0.900. The van der Waals surface area contributed by atoms with Crippen LogP contribution in [0.4, 0.5) is 0 Å². The van der Waals surface area contributed by atoms with Crippen LogP contribution in [0.15, 0.2) is 4.52 Å². The molecule has 4 heteroatoms. The fourth-order valence-electron chi connectivity index (χ4n) is 2.65. The summed E-state index contributed by atoms with van der Waals surface area (Å²) in [4.78, 5) is 4.39. The van der Waals surface area contributed by atoms with Gasteiger partial charge in [0, 0.05) is 6.42 Å². The van der Waals surface area contributed by atoms with Crippen LogP contribution in [-0.2, 0) is 12.0 Å². The molecule has 0 unspecified atom stereocenters. The first-order valence-corrected chi connectivity index (χ1v) is 6.67. The maximum atomic E-state index is 6.43. The first-order chi connectivity index (χ1) is 8.05. The van der Waals surface area contributed by atoms with Crippen LogP contribution in [0.2, 0.25) is 0 Å². The van der Waals surface area contributed by atoms with Crippen LogP contribution in [0.1, 0.15) is 58.2 Å². The zero-order valence-corrected chi connectivity index (χ0v) is 11.1. The fraction of sp³-hybridized carbons (Fsp3) is 0.846. The average molecular weight is 237 g/mol. The van der Waals surface area contributed by atoms with Crippen LogP contribution in [-0.4, -0.2) is 10.1 Å². The summed E-state index contributed by atoms with van der Waals surface area (Å²) in [5.74, 6) is 2.94. The molecule has 1 aromatic heterocycles. The third-order valence-electron chi connectivity index (χ3n) is 4.08. The molecule has 1 fully saturated rings. The molecule has 0 aliphatic heterocycles. The van der Waals surface area contributed by atoms with Crippen molar-refractivity contribution in [1.82, 2.24) is 10.1 Å². The Morgan fingerprint density at radius 1 is 1.41 bits per heavy atom. The van der Waals surface area contributed by atoms with Gasteiger partial charge in [-0.25, -0.2) is 0 Å². The van der Waals surface area contributed by atoms with E-state index in [1.54, 1.807) is 0 Å². The Bertz CT molecular complexity index is 364. The number of nitrogens with two attached hydrogens (primary N) is 1. The summed E-state index contributed by atoms with van der Waals surface area (Å²) >= 11 is 0. The van der Waals surface area contributed by atoms with Gasteiger partial charge in [0.05, 0.1) is 5.54 Å². The molecule has 0 atom stereocenters. The van der Waals surface area contributed by atoms with Crippen LogP contribution < -0.4 is 5.73 Å². The lowest BCUT2D eigenvalue weighted by Crippen LogP contribution is -2.42. The highest BCUT2D eigenvalue weighted by Crippen LogP contribution is 2.38. The van der Waals surface area contributed by atoms with Gasteiger partial charge in [-0.3, -0.25) is 0 Å². The molecule has 1 aliphatic rings. The second-order valence-electron chi connectivity index (χ2n) is 5.60. The highest BCUT2D eigenvalue weighted by molar-refractivity contribution is 5.06. The Balaban J connectivity index is 2.06. The maximum absolute atomic E-state index is 6.43. The predicted molar refractivity (Wildman–Crippen MR) is 66.3 cm³/mol. The van der Waals surface area contributed by atoms with Gasteiger partial charge in [-0.15, -0.1) is 0 Å². The average Bonchev–Trinajstić information content (AvgIpc) is 2.78. The van der Waals surface area contributed by atoms with Gasteiger partial charge in [-0.1, -0.05) is 25.9 Å². The van der Waals surface area contributed by atoms with Crippen molar-refractivity contribution in [2.75, 3.05) is 0 Å². The van der Waals surface area contributed by atoms with E-state index in [1.165, 1.54) is 12.8 Å². The van der Waals surface area contributed by atoms with Gasteiger partial charge >= 0.3 is 0 Å². The third kappa shape index (κ3) is 2.51. The molecular formula is C13H23N3O. The minimum Gasteiger partial charge on any atom is -0.339 e. The van der Waals surface area contributed by atoms with E-state index in [1.807, 2.05) is 6.92 Å². The first kappa shape index (κ1) is 12.6. The normalized spacial score (nSPS) is 29.8. The highest BCUT2D eigenvalue weighted by Gasteiger charge is 2.37. The van der Waals surface area contributed by atoms with Gasteiger partial charge < -0.3 is 10.3 Å². The van der Waals surface area contributed by atoms with E-state index >= 15 is 0 Å². The molecule has 1 aliphatic carbocycles. The number of nitrogens with zero attached hydrogens (tertiary/aromatic N) is 2. The lowest BCUT2D eigenvalue weighted by Gasteiger charge is -2.36. The van der Waals surface area contributed by atoms with Crippen LogP contribution in [0.5, 0.6) is 0 Å². The van der Waals surface area contributed by atoms with E-state index in [9.17, 15) is 0 Å². The molecule has 0 radical (unpaired) electrons. The largest absolute Gasteiger partial charge is 0.339 e. The molecule has 17 heavy (non-hydrogen) atoms. The molecule has 2 N–H and O–H groups in total. The number of aromatic nitrogens is 2. The summed E-state index contributed by atoms with van der Waals surface area (Å²) in [5, 5.41) is 4.04. The Morgan fingerprint density at radius 2 is 2.06 bits per heavy atom. The molecular weight excluding hydrogens is 214 g/mol. The van der Waals surface area contributed by atoms with Gasteiger partial charge in [0.2, 0.25) is 5.89 Å². The van der Waals surface area contributed by atoms with Gasteiger partial charge in [0.15, 0.2) is 5.82 Å². The van der Waals surface area contributed by atoms with Crippen molar-refractivity contribution in [3.05, 3.63) is 11.7 Å². The summed E-state index contributed by atoms with van der Waals surface area (Å²) in [5.41, 5.74) is 6.07. The van der Waals surface area contributed by atoms with Crippen molar-refractivity contribution >= 4 is 0 Å². The van der Waals surface area contributed by atoms with Crippen molar-refractivity contribution in [1.29, 1.82) is 0 Å². The molecule has 0 saturated heterocycles. The Labute approximate surface area is 103 Å². The topological polar surface area (TPSA) is 64.9 Å². The quantitative estimate of drug-likeness (QED) is 0.877. The van der Waals surface area contributed by atoms with E-state index in [2.05, 4.69) is 24.0 Å². The lowest BCUT2D eigenvalue weighted by atomic mass is 9.73. The molecule has 1 aromatic rings. The number of hydrogen-bond acceptors (Lipinski definition) is 4. The van der Waals surface area contributed by atoms with Crippen LogP contribution in [0, 0.1) is 11.8 Å². The molecule has 0 spiro atoms. The molecule has 2 rings (SSSR count). The van der Waals surface area contributed by atoms with Crippen molar-refractivity contribution in [3.63, 3.8) is 0 Å². The fourth-order valence-corrected chi connectivity index (χ4v) is 2.65. The van der Waals surface area contributed by atoms with Crippen molar-refractivity contribution in [2.45, 2.75) is 58.4 Å². The van der Waals surface area contributed by atoms with Gasteiger partial charge in [-0.05, 0) is 37.5 Å². The Morgan fingerprint density at radius 3 is 2.53 bits per heavy atom. The van der Waals surface area contributed by atoms with Crippen molar-refractivity contribution < 1.29 is 4.52 Å². The number of aryl methyl sites for hydroxylation is 1. The second-order valence-corrected chi connectivity index (χ2v) is 5.60. The minimum absolute atomic E-state index is 0.359. The van der Waals surface area contributed by atoms with Crippen LogP contribution in [0.25, 0.3) is 0 Å². The van der Waals surface area contributed by atoms with E-state index in [4.69, 9.17) is 10.3 Å². The van der Waals surface area contributed by atoms with Crippen molar-refractivity contribution in [3.8, 4) is 0 Å². The standard InChI is InChI=1S/C13H23N3O/c1-4-11-15-12(16-17-11)13(14)7-5-10(6-8-13)9(2)3/h9-10H,4-8,14H2,1-3H3. The Kier molecular flexibility index (Phi) is 3.52. The van der Waals surface area contributed by atoms with E-state index in [0.717, 1.165) is 31.1 Å². The van der Waals surface area contributed by atoms with Gasteiger partial charge in [-0.2, -0.15) is 4.98 Å². The molecule has 0 bridgehead atoms. The molecule has 4 nitrogen and oxygen atoms in total. The van der Waals surface area contributed by atoms with Crippen LogP contribution in [0.3, 0.4) is 0 Å². The number of hydrogen-bond donors (Lipinski definition) is 1. The smallest absolute Gasteiger partial charge is 0.226 e.